The van der Waals surface area contributed by atoms with E-state index >= 15 is 0 Å². The Balaban J connectivity index is 1.70. The van der Waals surface area contributed by atoms with Crippen LogP contribution in [0.25, 0.3) is 0 Å². The fourth-order valence-corrected chi connectivity index (χ4v) is 5.25. The van der Waals surface area contributed by atoms with Gasteiger partial charge in [-0.1, -0.05) is 43.1 Å². The smallest absolute Gasteiger partial charge is 0.303 e. The number of ether oxygens (including phenoxy) is 1. The van der Waals surface area contributed by atoms with Crippen molar-refractivity contribution in [1.29, 1.82) is 0 Å². The Hall–Kier alpha value is -1.07. The average Bonchev–Trinajstić information content (AvgIpc) is 2.66. The predicted octanol–water partition coefficient (Wildman–Crippen LogP) is 5.09. The van der Waals surface area contributed by atoms with Crippen LogP contribution < -0.4 is 5.32 Å². The molecular formula is C24H31Cl2NO3. The number of nitrogens with one attached hydrogen (secondary N) is 1. The lowest BCUT2D eigenvalue weighted by molar-refractivity contribution is -0.148. The molecule has 0 bridgehead atoms. The minimum atomic E-state index is -1.09. The van der Waals surface area contributed by atoms with Gasteiger partial charge in [0.2, 0.25) is 0 Å². The van der Waals surface area contributed by atoms with Crippen LogP contribution in [-0.4, -0.2) is 29.3 Å². The molecule has 1 saturated carbocycles. The third kappa shape index (κ3) is 5.04. The van der Waals surface area contributed by atoms with Gasteiger partial charge >= 0.3 is 5.97 Å². The molecule has 1 aromatic carbocycles. The summed E-state index contributed by atoms with van der Waals surface area (Å²) in [5.41, 5.74) is 0.821. The molecule has 2 aliphatic carbocycles. The number of halogens is 2. The summed E-state index contributed by atoms with van der Waals surface area (Å²) in [5, 5.41) is 16.4. The number of hydrogen-bond acceptors (Lipinski definition) is 4. The molecule has 0 spiro atoms. The molecule has 0 aromatic heterocycles. The number of fused-ring (bicyclic) bond motifs is 1. The summed E-state index contributed by atoms with van der Waals surface area (Å²) < 4.78 is 5.38. The third-order valence-electron chi connectivity index (χ3n) is 6.68. The molecule has 6 heteroatoms. The summed E-state index contributed by atoms with van der Waals surface area (Å²) in [7, 11) is 0. The Morgan fingerprint density at radius 1 is 1.40 bits per heavy atom. The van der Waals surface area contributed by atoms with E-state index in [0.29, 0.717) is 28.4 Å². The molecule has 6 atom stereocenters. The molecule has 0 heterocycles. The monoisotopic (exact) mass is 451 g/mol. The first-order chi connectivity index (χ1) is 14.1. The molecule has 1 fully saturated rings. The topological polar surface area (TPSA) is 58.6 Å². The number of rotatable bonds is 6. The highest BCUT2D eigenvalue weighted by molar-refractivity contribution is 6.33. The van der Waals surface area contributed by atoms with Crippen molar-refractivity contribution in [2.45, 2.75) is 58.8 Å². The molecule has 0 saturated heterocycles. The molecule has 0 aliphatic heterocycles. The lowest BCUT2D eigenvalue weighted by Gasteiger charge is -2.52. The van der Waals surface area contributed by atoms with Crippen molar-refractivity contribution in [1.82, 2.24) is 5.32 Å². The molecule has 30 heavy (non-hydrogen) atoms. The van der Waals surface area contributed by atoms with Crippen LogP contribution in [-0.2, 0) is 16.1 Å². The fraction of sp³-hybridized carbons (Fsp3) is 0.583. The van der Waals surface area contributed by atoms with Crippen LogP contribution in [0.15, 0.2) is 29.8 Å². The van der Waals surface area contributed by atoms with Crippen LogP contribution in [0.2, 0.25) is 10.0 Å². The first-order valence-corrected chi connectivity index (χ1v) is 11.4. The summed E-state index contributed by atoms with van der Waals surface area (Å²) in [5.74, 6) is 0.295. The Kier molecular flexibility index (Phi) is 7.55. The van der Waals surface area contributed by atoms with E-state index in [4.69, 9.17) is 27.9 Å². The summed E-state index contributed by atoms with van der Waals surface area (Å²) in [4.78, 5) is 11.5. The minimum absolute atomic E-state index is 0.0420. The molecule has 0 amide bonds. The average molecular weight is 452 g/mol. The van der Waals surface area contributed by atoms with Gasteiger partial charge in [-0.15, -0.1) is 0 Å². The Labute approximate surface area is 190 Å². The number of aliphatic hydroxyl groups is 1. The summed E-state index contributed by atoms with van der Waals surface area (Å²) in [6, 6.07) is 5.48. The van der Waals surface area contributed by atoms with E-state index in [1.165, 1.54) is 6.92 Å². The van der Waals surface area contributed by atoms with E-state index in [1.54, 1.807) is 6.07 Å². The van der Waals surface area contributed by atoms with E-state index in [1.807, 2.05) is 19.1 Å². The van der Waals surface area contributed by atoms with E-state index in [0.717, 1.165) is 30.5 Å². The quantitative estimate of drug-likeness (QED) is 0.467. The van der Waals surface area contributed by atoms with Gasteiger partial charge in [0.15, 0.2) is 0 Å². The van der Waals surface area contributed by atoms with Crippen LogP contribution in [0.3, 0.4) is 0 Å². The standard InChI is InChI=1S/C24H31Cl2NO3/c1-14-9-21-20(7-5-16(3)24(21,29)11-23(14)30-17(4)28)15(2)12-27-13-18-10-19(25)6-8-22(18)26/h6,8-10,15-16,20-21,23,27,29H,5,7,12-13H2,1-4H3/t15-,16-,20+,21-,23-,24-/m1/s1. The van der Waals surface area contributed by atoms with Gasteiger partial charge in [-0.3, -0.25) is 4.79 Å². The maximum absolute atomic E-state index is 11.6. The number of carbonyl (C=O) groups excluding carboxylic acids is 1. The molecule has 4 nitrogen and oxygen atoms in total. The summed E-state index contributed by atoms with van der Waals surface area (Å²) in [6.07, 6.45) is 6.71. The highest BCUT2D eigenvalue weighted by Crippen LogP contribution is 2.50. The van der Waals surface area contributed by atoms with E-state index in [2.05, 4.69) is 31.7 Å². The number of esters is 1. The second-order valence-electron chi connectivity index (χ2n) is 8.88. The minimum Gasteiger partial charge on any atom is -0.457 e. The van der Waals surface area contributed by atoms with Crippen molar-refractivity contribution in [3.63, 3.8) is 0 Å². The van der Waals surface area contributed by atoms with Crippen LogP contribution in [0, 0.1) is 30.1 Å². The van der Waals surface area contributed by atoms with E-state index in [9.17, 15) is 9.90 Å². The SMILES string of the molecule is CC(=O)O[C@@H]1[C][C@@]2(O)[C@H](C)CC[C@@H]([C@H](C)CNCc3cc(Cl)ccc3Cl)[C@H]2C=C1C. The maximum atomic E-state index is 11.6. The van der Waals surface area contributed by atoms with Crippen molar-refractivity contribution in [3.05, 3.63) is 51.9 Å². The molecule has 2 aliphatic rings. The lowest BCUT2D eigenvalue weighted by Crippen LogP contribution is -2.56. The van der Waals surface area contributed by atoms with Crippen LogP contribution in [0.4, 0.5) is 0 Å². The van der Waals surface area contributed by atoms with Gasteiger partial charge in [0.25, 0.3) is 0 Å². The zero-order valence-electron chi connectivity index (χ0n) is 18.0. The first kappa shape index (κ1) is 23.6. The molecular weight excluding hydrogens is 421 g/mol. The van der Waals surface area contributed by atoms with Gasteiger partial charge in [-0.2, -0.15) is 0 Å². The van der Waals surface area contributed by atoms with Crippen LogP contribution in [0.1, 0.15) is 46.1 Å². The zero-order chi connectivity index (χ0) is 22.1. The van der Waals surface area contributed by atoms with Crippen molar-refractivity contribution < 1.29 is 14.6 Å². The number of hydrogen-bond donors (Lipinski definition) is 2. The lowest BCUT2D eigenvalue weighted by atomic mass is 9.57. The summed E-state index contributed by atoms with van der Waals surface area (Å²) >= 11 is 12.4. The van der Waals surface area contributed by atoms with E-state index in [-0.39, 0.29) is 17.8 Å². The zero-order valence-corrected chi connectivity index (χ0v) is 19.6. The number of carbonyl (C=O) groups is 1. The number of benzene rings is 1. The van der Waals surface area contributed by atoms with E-state index < -0.39 is 11.7 Å². The maximum Gasteiger partial charge on any atom is 0.303 e. The molecule has 1 aromatic rings. The van der Waals surface area contributed by atoms with Gasteiger partial charge in [-0.25, -0.2) is 0 Å². The molecule has 164 valence electrons. The molecule has 2 radical (unpaired) electrons. The van der Waals surface area contributed by atoms with Crippen molar-refractivity contribution in [3.8, 4) is 0 Å². The predicted molar refractivity (Wildman–Crippen MR) is 120 cm³/mol. The Morgan fingerprint density at radius 2 is 2.13 bits per heavy atom. The Bertz CT molecular complexity index is 812. The van der Waals surface area contributed by atoms with Crippen molar-refractivity contribution >= 4 is 29.2 Å². The molecule has 2 N–H and O–H groups in total. The largest absolute Gasteiger partial charge is 0.457 e. The molecule has 3 rings (SSSR count). The van der Waals surface area contributed by atoms with Gasteiger partial charge in [-0.05, 0) is 73.4 Å². The summed E-state index contributed by atoms with van der Waals surface area (Å²) in [6.45, 7) is 9.05. The van der Waals surface area contributed by atoms with Crippen LogP contribution >= 0.6 is 23.2 Å². The fourth-order valence-electron chi connectivity index (χ4n) is 4.87. The Morgan fingerprint density at radius 3 is 2.83 bits per heavy atom. The second-order valence-corrected chi connectivity index (χ2v) is 9.73. The highest BCUT2D eigenvalue weighted by Gasteiger charge is 2.53. The third-order valence-corrected chi connectivity index (χ3v) is 7.28. The van der Waals surface area contributed by atoms with Gasteiger partial charge in [0, 0.05) is 29.4 Å². The normalized spacial score (nSPS) is 32.2. The second kappa shape index (κ2) is 9.60. The van der Waals surface area contributed by atoms with Gasteiger partial charge in [0.1, 0.15) is 6.10 Å². The van der Waals surface area contributed by atoms with Crippen molar-refractivity contribution in [2.75, 3.05) is 6.54 Å². The van der Waals surface area contributed by atoms with Gasteiger partial charge in [0.05, 0.1) is 12.0 Å². The molecule has 0 unspecified atom stereocenters. The van der Waals surface area contributed by atoms with Gasteiger partial charge < -0.3 is 15.2 Å². The highest BCUT2D eigenvalue weighted by atomic mass is 35.5. The first-order valence-electron chi connectivity index (χ1n) is 10.6. The van der Waals surface area contributed by atoms with Crippen molar-refractivity contribution in [2.24, 2.45) is 23.7 Å². The van der Waals surface area contributed by atoms with Crippen LogP contribution in [0.5, 0.6) is 0 Å².